The fourth-order valence-corrected chi connectivity index (χ4v) is 3.82. The maximum absolute atomic E-state index is 12.1. The van der Waals surface area contributed by atoms with Crippen molar-refractivity contribution in [1.82, 2.24) is 26.2 Å². The first-order valence-corrected chi connectivity index (χ1v) is 14.2. The van der Waals surface area contributed by atoms with Crippen LogP contribution in [0, 0.1) is 0 Å². The number of imide groups is 1. The second-order valence-electron chi connectivity index (χ2n) is 8.92. The Kier molecular flexibility index (Phi) is 16.7. The van der Waals surface area contributed by atoms with E-state index < -0.39 is 54.6 Å². The van der Waals surface area contributed by atoms with Crippen molar-refractivity contribution in [2.75, 3.05) is 31.5 Å². The summed E-state index contributed by atoms with van der Waals surface area (Å²) in [5, 5.41) is 22.3. The molecule has 42 heavy (non-hydrogen) atoms. The van der Waals surface area contributed by atoms with Gasteiger partial charge in [0.2, 0.25) is 17.7 Å². The van der Waals surface area contributed by atoms with Crippen molar-refractivity contribution < 1.29 is 33.9 Å². The molecule has 0 spiro atoms. The number of hydrogen-bond acceptors (Lipinski definition) is 7. The van der Waals surface area contributed by atoms with Gasteiger partial charge in [-0.05, 0) is 55.6 Å². The quantitative estimate of drug-likeness (QED) is 0.0898. The van der Waals surface area contributed by atoms with Gasteiger partial charge in [0.15, 0.2) is 5.11 Å². The zero-order chi connectivity index (χ0) is 31.5. The number of unbranched alkanes of at least 4 members (excludes halogenated alkanes) is 1. The molecule has 0 fully saturated rings. The van der Waals surface area contributed by atoms with Crippen molar-refractivity contribution in [2.45, 2.75) is 58.9 Å². The van der Waals surface area contributed by atoms with Gasteiger partial charge in [-0.15, -0.1) is 0 Å². The predicted octanol–water partition coefficient (Wildman–Crippen LogP) is 0.849. The highest BCUT2D eigenvalue weighted by Crippen LogP contribution is 2.11. The van der Waals surface area contributed by atoms with Crippen molar-refractivity contribution in [3.63, 3.8) is 0 Å². The molecular formula is C28H40N6O7S. The summed E-state index contributed by atoms with van der Waals surface area (Å²) in [5.41, 5.74) is 1.98. The van der Waals surface area contributed by atoms with Gasteiger partial charge in [-0.1, -0.05) is 39.3 Å². The number of anilines is 1. The van der Waals surface area contributed by atoms with Gasteiger partial charge in [-0.3, -0.25) is 28.9 Å². The van der Waals surface area contributed by atoms with Crippen LogP contribution in [0.2, 0.25) is 0 Å². The summed E-state index contributed by atoms with van der Waals surface area (Å²) in [6, 6.07) is 6.55. The number of benzene rings is 1. The fraction of sp³-hybridized carbons (Fsp3) is 0.464. The highest BCUT2D eigenvalue weighted by Gasteiger charge is 2.24. The van der Waals surface area contributed by atoms with Crippen LogP contribution in [0.4, 0.5) is 5.69 Å². The maximum atomic E-state index is 12.1. The maximum Gasteiger partial charge on any atom is 0.326 e. The zero-order valence-electron chi connectivity index (χ0n) is 24.2. The molecule has 230 valence electrons. The lowest BCUT2D eigenvalue weighted by atomic mass is 10.1. The van der Waals surface area contributed by atoms with Gasteiger partial charge in [-0.2, -0.15) is 0 Å². The first-order valence-electron chi connectivity index (χ1n) is 13.8. The Morgan fingerprint density at radius 1 is 0.857 bits per heavy atom. The van der Waals surface area contributed by atoms with Crippen molar-refractivity contribution in [1.29, 1.82) is 0 Å². The average molecular weight is 605 g/mol. The minimum atomic E-state index is -1.25. The molecule has 6 N–H and O–H groups in total. The summed E-state index contributed by atoms with van der Waals surface area (Å²) in [5.74, 6) is -3.95. The molecule has 5 amide bonds. The SMILES string of the molecule is CC.CCCc1ccc(NC(=S)NCC(=O)NCC(=O)NCC(=O)NC(CCCCN2C(=O)C=CC2=O)C(=O)O)cc1. The Morgan fingerprint density at radius 3 is 1.95 bits per heavy atom. The third-order valence-electron chi connectivity index (χ3n) is 5.71. The predicted molar refractivity (Wildman–Crippen MR) is 161 cm³/mol. The number of rotatable bonds is 16. The normalized spacial score (nSPS) is 12.5. The van der Waals surface area contributed by atoms with Gasteiger partial charge in [0.25, 0.3) is 11.8 Å². The molecule has 1 aliphatic rings. The van der Waals surface area contributed by atoms with Crippen LogP contribution in [0.5, 0.6) is 0 Å². The number of carboxylic acid groups (broad SMARTS) is 1. The molecule has 14 heteroatoms. The van der Waals surface area contributed by atoms with Gasteiger partial charge >= 0.3 is 5.97 Å². The average Bonchev–Trinajstić information content (AvgIpc) is 3.29. The molecule has 0 aromatic heterocycles. The lowest BCUT2D eigenvalue weighted by Crippen LogP contribution is -2.47. The van der Waals surface area contributed by atoms with Crippen molar-refractivity contribution in [3.8, 4) is 0 Å². The standard InChI is InChI=1S/C26H34N6O7S.C2H6/c1-2-5-17-7-9-18(10-8-17)30-26(40)29-15-21(34)27-14-20(33)28-16-22(35)31-19(25(38)39)6-3-4-13-32-23(36)11-12-24(32)37;1-2/h7-12,19H,2-6,13-16H2,1H3,(H,27,34)(H,28,33)(H,31,35)(H,38,39)(H2,29,30,40);1-2H3. The number of carbonyl (C=O) groups excluding carboxylic acids is 5. The van der Waals surface area contributed by atoms with E-state index in [1.807, 2.05) is 38.1 Å². The number of aryl methyl sites for hydroxylation is 1. The molecule has 2 rings (SSSR count). The van der Waals surface area contributed by atoms with E-state index in [1.165, 1.54) is 17.7 Å². The molecule has 0 saturated carbocycles. The van der Waals surface area contributed by atoms with Crippen molar-refractivity contribution >= 4 is 58.5 Å². The highest BCUT2D eigenvalue weighted by molar-refractivity contribution is 7.80. The van der Waals surface area contributed by atoms with E-state index in [2.05, 4.69) is 33.5 Å². The summed E-state index contributed by atoms with van der Waals surface area (Å²) in [4.78, 5) is 71.6. The number of nitrogens with one attached hydrogen (secondary N) is 5. The van der Waals surface area contributed by atoms with Crippen LogP contribution in [-0.2, 0) is 35.2 Å². The minimum Gasteiger partial charge on any atom is -0.480 e. The molecule has 1 atom stereocenters. The Labute approximate surface area is 250 Å². The highest BCUT2D eigenvalue weighted by atomic mass is 32.1. The van der Waals surface area contributed by atoms with Crippen LogP contribution in [0.3, 0.4) is 0 Å². The summed E-state index contributed by atoms with van der Waals surface area (Å²) in [7, 11) is 0. The minimum absolute atomic E-state index is 0.0720. The molecule has 0 aliphatic carbocycles. The van der Waals surface area contributed by atoms with Gasteiger partial charge < -0.3 is 31.7 Å². The first-order chi connectivity index (χ1) is 20.1. The van der Waals surface area contributed by atoms with E-state index >= 15 is 0 Å². The number of nitrogens with zero attached hydrogens (tertiary/aromatic N) is 1. The lowest BCUT2D eigenvalue weighted by Gasteiger charge is -2.16. The van der Waals surface area contributed by atoms with Crippen LogP contribution in [0.1, 0.15) is 52.0 Å². The van der Waals surface area contributed by atoms with Gasteiger partial charge in [-0.25, -0.2) is 4.79 Å². The third-order valence-corrected chi connectivity index (χ3v) is 5.96. The monoisotopic (exact) mass is 604 g/mol. The van der Waals surface area contributed by atoms with Crippen LogP contribution in [-0.4, -0.2) is 82.8 Å². The molecule has 1 aromatic carbocycles. The molecule has 1 aliphatic heterocycles. The topological polar surface area (TPSA) is 186 Å². The van der Waals surface area contributed by atoms with E-state index in [4.69, 9.17) is 12.2 Å². The number of aliphatic carboxylic acids is 1. The summed E-state index contributed by atoms with van der Waals surface area (Å²) in [6.07, 6.45) is 5.15. The second-order valence-corrected chi connectivity index (χ2v) is 9.33. The Morgan fingerprint density at radius 2 is 1.40 bits per heavy atom. The summed E-state index contributed by atoms with van der Waals surface area (Å²) < 4.78 is 0. The molecule has 1 unspecified atom stereocenters. The van der Waals surface area contributed by atoms with Crippen LogP contribution < -0.4 is 26.6 Å². The summed E-state index contributed by atoms with van der Waals surface area (Å²) in [6.45, 7) is 5.20. The van der Waals surface area contributed by atoms with Gasteiger partial charge in [0.1, 0.15) is 6.04 Å². The molecule has 0 bridgehead atoms. The molecule has 13 nitrogen and oxygen atoms in total. The Bertz CT molecular complexity index is 1120. The smallest absolute Gasteiger partial charge is 0.326 e. The van der Waals surface area contributed by atoms with E-state index in [-0.39, 0.29) is 24.6 Å². The second kappa shape index (κ2) is 19.7. The molecule has 1 aromatic rings. The van der Waals surface area contributed by atoms with E-state index in [0.717, 1.165) is 23.4 Å². The first kappa shape index (κ1) is 35.7. The van der Waals surface area contributed by atoms with Gasteiger partial charge in [0.05, 0.1) is 19.6 Å². The number of amides is 5. The third kappa shape index (κ3) is 13.8. The largest absolute Gasteiger partial charge is 0.480 e. The number of thiocarbonyl (C=S) groups is 1. The fourth-order valence-electron chi connectivity index (χ4n) is 3.63. The lowest BCUT2D eigenvalue weighted by molar-refractivity contribution is -0.142. The number of carboxylic acids is 1. The molecule has 1 heterocycles. The Balaban J connectivity index is 0.00000431. The van der Waals surface area contributed by atoms with E-state index in [1.54, 1.807) is 0 Å². The number of hydrogen-bond donors (Lipinski definition) is 6. The number of carbonyl (C=O) groups is 6. The molecular weight excluding hydrogens is 564 g/mol. The van der Waals surface area contributed by atoms with Crippen LogP contribution in [0.15, 0.2) is 36.4 Å². The van der Waals surface area contributed by atoms with E-state index in [9.17, 15) is 33.9 Å². The van der Waals surface area contributed by atoms with Crippen LogP contribution >= 0.6 is 12.2 Å². The summed E-state index contributed by atoms with van der Waals surface area (Å²) >= 11 is 5.17. The van der Waals surface area contributed by atoms with Crippen molar-refractivity contribution in [2.24, 2.45) is 0 Å². The van der Waals surface area contributed by atoms with E-state index in [0.29, 0.717) is 12.8 Å². The zero-order valence-corrected chi connectivity index (χ0v) is 25.0. The van der Waals surface area contributed by atoms with Crippen LogP contribution in [0.25, 0.3) is 0 Å². The van der Waals surface area contributed by atoms with Gasteiger partial charge in [0, 0.05) is 24.4 Å². The molecule has 0 saturated heterocycles. The molecule has 0 radical (unpaired) electrons. The Hall–Kier alpha value is -4.33. The van der Waals surface area contributed by atoms with Crippen molar-refractivity contribution in [3.05, 3.63) is 42.0 Å².